The molecule has 106 valence electrons. The maximum absolute atomic E-state index is 13.8. The van der Waals surface area contributed by atoms with Crippen molar-refractivity contribution in [2.45, 2.75) is 33.4 Å². The molecule has 0 bridgehead atoms. The minimum absolute atomic E-state index is 0.316. The Labute approximate surface area is 119 Å². The summed E-state index contributed by atoms with van der Waals surface area (Å²) in [5.74, 6) is 0.198. The van der Waals surface area contributed by atoms with Gasteiger partial charge in [-0.2, -0.15) is 0 Å². The van der Waals surface area contributed by atoms with E-state index in [1.54, 1.807) is 19.1 Å². The van der Waals surface area contributed by atoms with Crippen LogP contribution in [0.4, 0.5) is 4.39 Å². The molecule has 0 spiro atoms. The van der Waals surface area contributed by atoms with E-state index in [4.69, 9.17) is 10.5 Å². The SMILES string of the molecule is Cc1cc(C)cc(COc2ccc([C@H](C)N)c(F)c2)c1. The fourth-order valence-electron chi connectivity index (χ4n) is 2.29. The van der Waals surface area contributed by atoms with E-state index in [1.165, 1.54) is 17.2 Å². The van der Waals surface area contributed by atoms with Crippen LogP contribution in [0.5, 0.6) is 5.75 Å². The lowest BCUT2D eigenvalue weighted by Crippen LogP contribution is -2.07. The van der Waals surface area contributed by atoms with Crippen molar-refractivity contribution in [3.63, 3.8) is 0 Å². The van der Waals surface area contributed by atoms with E-state index < -0.39 is 0 Å². The first kappa shape index (κ1) is 14.5. The Morgan fingerprint density at radius 3 is 2.30 bits per heavy atom. The van der Waals surface area contributed by atoms with Gasteiger partial charge in [-0.1, -0.05) is 35.4 Å². The van der Waals surface area contributed by atoms with Gasteiger partial charge in [0.2, 0.25) is 0 Å². The Morgan fingerprint density at radius 2 is 1.75 bits per heavy atom. The van der Waals surface area contributed by atoms with Crippen molar-refractivity contribution in [1.82, 2.24) is 0 Å². The van der Waals surface area contributed by atoms with Crippen molar-refractivity contribution in [1.29, 1.82) is 0 Å². The van der Waals surface area contributed by atoms with Crippen LogP contribution in [-0.2, 0) is 6.61 Å². The second-order valence-corrected chi connectivity index (χ2v) is 5.26. The monoisotopic (exact) mass is 273 g/mol. The number of benzene rings is 2. The molecule has 0 unspecified atom stereocenters. The predicted molar refractivity (Wildman–Crippen MR) is 79.3 cm³/mol. The molecule has 2 aromatic carbocycles. The number of hydrogen-bond donors (Lipinski definition) is 1. The van der Waals surface area contributed by atoms with Crippen LogP contribution < -0.4 is 10.5 Å². The van der Waals surface area contributed by atoms with E-state index in [0.29, 0.717) is 17.9 Å². The smallest absolute Gasteiger partial charge is 0.131 e. The molecule has 0 saturated heterocycles. The second kappa shape index (κ2) is 6.06. The largest absolute Gasteiger partial charge is 0.489 e. The number of aryl methyl sites for hydroxylation is 2. The molecule has 0 aliphatic carbocycles. The Balaban J connectivity index is 2.09. The predicted octanol–water partition coefficient (Wildman–Crippen LogP) is 4.04. The molecule has 20 heavy (non-hydrogen) atoms. The third-order valence-electron chi connectivity index (χ3n) is 3.15. The van der Waals surface area contributed by atoms with Crippen LogP contribution in [0.2, 0.25) is 0 Å². The van der Waals surface area contributed by atoms with Gasteiger partial charge in [0, 0.05) is 17.7 Å². The standard InChI is InChI=1S/C17H20FNO/c1-11-6-12(2)8-14(7-11)10-20-15-4-5-16(13(3)19)17(18)9-15/h4-9,13H,10,19H2,1-3H3/t13-/m0/s1. The molecule has 0 amide bonds. The first-order valence-corrected chi connectivity index (χ1v) is 6.70. The van der Waals surface area contributed by atoms with Gasteiger partial charge < -0.3 is 10.5 Å². The van der Waals surface area contributed by atoms with Gasteiger partial charge in [-0.3, -0.25) is 0 Å². The number of halogens is 1. The van der Waals surface area contributed by atoms with Crippen molar-refractivity contribution in [3.05, 3.63) is 64.5 Å². The molecule has 2 aromatic rings. The Kier molecular flexibility index (Phi) is 4.40. The summed E-state index contributed by atoms with van der Waals surface area (Å²) in [7, 11) is 0. The first-order chi connectivity index (χ1) is 9.45. The summed E-state index contributed by atoms with van der Waals surface area (Å²) in [6.07, 6.45) is 0. The molecule has 0 heterocycles. The Hall–Kier alpha value is -1.87. The van der Waals surface area contributed by atoms with Crippen LogP contribution in [0.15, 0.2) is 36.4 Å². The molecule has 0 aliphatic rings. The van der Waals surface area contributed by atoms with E-state index in [1.807, 2.05) is 13.8 Å². The van der Waals surface area contributed by atoms with Gasteiger partial charge in [0.25, 0.3) is 0 Å². The van der Waals surface area contributed by atoms with Crippen LogP contribution in [0.25, 0.3) is 0 Å². The average Bonchev–Trinajstić information content (AvgIpc) is 2.35. The van der Waals surface area contributed by atoms with Gasteiger partial charge in [0.05, 0.1) is 0 Å². The zero-order valence-corrected chi connectivity index (χ0v) is 12.1. The summed E-state index contributed by atoms with van der Waals surface area (Å²) in [5, 5.41) is 0. The highest BCUT2D eigenvalue weighted by molar-refractivity contribution is 5.32. The molecular formula is C17H20FNO. The maximum Gasteiger partial charge on any atom is 0.131 e. The van der Waals surface area contributed by atoms with Crippen LogP contribution in [0.3, 0.4) is 0 Å². The summed E-state index contributed by atoms with van der Waals surface area (Å²) in [6.45, 7) is 6.29. The van der Waals surface area contributed by atoms with Crippen molar-refractivity contribution in [2.75, 3.05) is 0 Å². The van der Waals surface area contributed by atoms with E-state index in [-0.39, 0.29) is 11.9 Å². The lowest BCUT2D eigenvalue weighted by molar-refractivity contribution is 0.304. The quantitative estimate of drug-likeness (QED) is 0.912. The summed E-state index contributed by atoms with van der Waals surface area (Å²) in [6, 6.07) is 10.8. The highest BCUT2D eigenvalue weighted by Gasteiger charge is 2.08. The molecule has 0 aliphatic heterocycles. The molecular weight excluding hydrogens is 253 g/mol. The zero-order chi connectivity index (χ0) is 14.7. The maximum atomic E-state index is 13.8. The molecule has 2 N–H and O–H groups in total. The summed E-state index contributed by atoms with van der Waals surface area (Å²) in [5.41, 5.74) is 9.66. The third-order valence-corrected chi connectivity index (χ3v) is 3.15. The van der Waals surface area contributed by atoms with Gasteiger partial charge >= 0.3 is 0 Å². The van der Waals surface area contributed by atoms with Crippen molar-refractivity contribution in [2.24, 2.45) is 5.73 Å². The van der Waals surface area contributed by atoms with Gasteiger partial charge in [-0.05, 0) is 32.4 Å². The summed E-state index contributed by atoms with van der Waals surface area (Å²) < 4.78 is 19.4. The molecule has 0 fully saturated rings. The topological polar surface area (TPSA) is 35.2 Å². The summed E-state index contributed by atoms with van der Waals surface area (Å²) in [4.78, 5) is 0. The summed E-state index contributed by atoms with van der Waals surface area (Å²) >= 11 is 0. The highest BCUT2D eigenvalue weighted by Crippen LogP contribution is 2.21. The minimum Gasteiger partial charge on any atom is -0.489 e. The lowest BCUT2D eigenvalue weighted by atomic mass is 10.1. The molecule has 0 radical (unpaired) electrons. The van der Waals surface area contributed by atoms with Gasteiger partial charge in [0.15, 0.2) is 0 Å². The normalized spacial score (nSPS) is 12.2. The van der Waals surface area contributed by atoms with Crippen LogP contribution in [0.1, 0.15) is 35.2 Å². The number of rotatable bonds is 4. The Bertz CT molecular complexity index is 588. The van der Waals surface area contributed by atoms with Gasteiger partial charge in [-0.25, -0.2) is 4.39 Å². The molecule has 2 nitrogen and oxygen atoms in total. The molecule has 1 atom stereocenters. The van der Waals surface area contributed by atoms with Crippen molar-refractivity contribution < 1.29 is 9.13 Å². The fraction of sp³-hybridized carbons (Fsp3) is 0.294. The second-order valence-electron chi connectivity index (χ2n) is 5.26. The van der Waals surface area contributed by atoms with Crippen LogP contribution in [-0.4, -0.2) is 0 Å². The number of hydrogen-bond acceptors (Lipinski definition) is 2. The molecule has 2 rings (SSSR count). The van der Waals surface area contributed by atoms with E-state index >= 15 is 0 Å². The zero-order valence-electron chi connectivity index (χ0n) is 12.1. The Morgan fingerprint density at radius 1 is 1.10 bits per heavy atom. The van der Waals surface area contributed by atoms with Crippen LogP contribution >= 0.6 is 0 Å². The van der Waals surface area contributed by atoms with Gasteiger partial charge in [0.1, 0.15) is 18.2 Å². The molecule has 0 aromatic heterocycles. The minimum atomic E-state index is -0.321. The molecule has 3 heteroatoms. The van der Waals surface area contributed by atoms with E-state index in [9.17, 15) is 4.39 Å². The van der Waals surface area contributed by atoms with E-state index in [0.717, 1.165) is 5.56 Å². The van der Waals surface area contributed by atoms with Gasteiger partial charge in [-0.15, -0.1) is 0 Å². The van der Waals surface area contributed by atoms with Crippen LogP contribution in [0, 0.1) is 19.7 Å². The number of nitrogens with two attached hydrogens (primary N) is 1. The fourth-order valence-corrected chi connectivity index (χ4v) is 2.29. The highest BCUT2D eigenvalue weighted by atomic mass is 19.1. The first-order valence-electron chi connectivity index (χ1n) is 6.70. The van der Waals surface area contributed by atoms with E-state index in [2.05, 4.69) is 18.2 Å². The van der Waals surface area contributed by atoms with Crippen molar-refractivity contribution >= 4 is 0 Å². The third kappa shape index (κ3) is 3.58. The molecule has 0 saturated carbocycles. The lowest BCUT2D eigenvalue weighted by Gasteiger charge is -2.11. The number of ether oxygens (including phenoxy) is 1. The van der Waals surface area contributed by atoms with Crippen molar-refractivity contribution in [3.8, 4) is 5.75 Å². The average molecular weight is 273 g/mol.